The fourth-order valence-electron chi connectivity index (χ4n) is 7.84. The Hall–Kier alpha value is -2.73. The van der Waals surface area contributed by atoms with Gasteiger partial charge in [-0.3, -0.25) is 14.4 Å². The molecule has 4 rings (SSSR count). The number of phenols is 1. The molecule has 0 radical (unpaired) electrons. The van der Waals surface area contributed by atoms with Crippen molar-refractivity contribution in [2.75, 3.05) is 0 Å². The molecule has 1 aromatic carbocycles. The molecule has 182 valence electrons. The lowest BCUT2D eigenvalue weighted by atomic mass is 9.37. The summed E-state index contributed by atoms with van der Waals surface area (Å²) in [6.45, 7) is 14.5. The fraction of sp³-hybridized carbons (Fsp3) is 0.536. The third-order valence-electron chi connectivity index (χ3n) is 9.67. The number of rotatable bonds is 2. The van der Waals surface area contributed by atoms with Crippen molar-refractivity contribution in [3.05, 3.63) is 46.0 Å². The van der Waals surface area contributed by atoms with Crippen molar-refractivity contribution < 1.29 is 29.7 Å². The van der Waals surface area contributed by atoms with Crippen molar-refractivity contribution in [1.29, 1.82) is 0 Å². The molecule has 1 saturated carbocycles. The molecule has 3 aliphatic rings. The first-order valence-corrected chi connectivity index (χ1v) is 11.9. The second-order valence-electron chi connectivity index (χ2n) is 11.2. The van der Waals surface area contributed by atoms with E-state index in [0.717, 1.165) is 0 Å². The lowest BCUT2D eigenvalue weighted by Gasteiger charge is -2.65. The van der Waals surface area contributed by atoms with Gasteiger partial charge < -0.3 is 15.3 Å². The summed E-state index contributed by atoms with van der Waals surface area (Å²) in [5, 5.41) is 34.1. The van der Waals surface area contributed by atoms with Gasteiger partial charge in [0.25, 0.3) is 0 Å². The van der Waals surface area contributed by atoms with Crippen LogP contribution >= 0.6 is 0 Å². The number of aliphatic hydroxyl groups excluding tert-OH is 1. The third kappa shape index (κ3) is 2.42. The van der Waals surface area contributed by atoms with Crippen LogP contribution in [0.4, 0.5) is 0 Å². The van der Waals surface area contributed by atoms with Gasteiger partial charge in [-0.25, -0.2) is 0 Å². The van der Waals surface area contributed by atoms with Crippen LogP contribution in [-0.4, -0.2) is 38.3 Å². The predicted molar refractivity (Wildman–Crippen MR) is 128 cm³/mol. The van der Waals surface area contributed by atoms with E-state index in [4.69, 9.17) is 0 Å². The highest BCUT2D eigenvalue weighted by Crippen LogP contribution is 2.70. The monoisotopic (exact) mass is 466 g/mol. The van der Waals surface area contributed by atoms with Crippen LogP contribution in [0.25, 0.3) is 5.76 Å². The summed E-state index contributed by atoms with van der Waals surface area (Å²) >= 11 is 0. The van der Waals surface area contributed by atoms with Crippen LogP contribution in [0, 0.1) is 28.6 Å². The van der Waals surface area contributed by atoms with E-state index in [1.54, 1.807) is 19.9 Å². The number of Topliss-reactive ketones (excluding diaryl/α,β-unsaturated/α-hetero) is 3. The third-order valence-corrected chi connectivity index (χ3v) is 9.67. The largest absolute Gasteiger partial charge is 0.507 e. The average molecular weight is 467 g/mol. The average Bonchev–Trinajstić information content (AvgIpc) is 2.73. The predicted octanol–water partition coefficient (Wildman–Crippen LogP) is 4.50. The zero-order valence-corrected chi connectivity index (χ0v) is 21.1. The molecule has 0 saturated heterocycles. The summed E-state index contributed by atoms with van der Waals surface area (Å²) in [4.78, 5) is 40.7. The SMILES string of the molecule is CC(=O)C1=C(C)[C@@H](C(C)C)[C@]2(C)[C@@H](C)[C@@]3(C)C(=C(O)c4c(O)cccc4C3C)C(=O)[C@]2(O)C1=O. The van der Waals surface area contributed by atoms with Crippen LogP contribution < -0.4 is 0 Å². The molecule has 1 fully saturated rings. The summed E-state index contributed by atoms with van der Waals surface area (Å²) in [6, 6.07) is 4.96. The number of ketones is 3. The van der Waals surface area contributed by atoms with Gasteiger partial charge in [-0.05, 0) is 49.1 Å². The number of carbonyl (C=O) groups excluding carboxylic acids is 3. The Morgan fingerprint density at radius 1 is 1.06 bits per heavy atom. The lowest BCUT2D eigenvalue weighted by molar-refractivity contribution is -0.194. The highest BCUT2D eigenvalue weighted by Gasteiger charge is 2.75. The number of aromatic hydroxyl groups is 1. The molecule has 1 aromatic rings. The topological polar surface area (TPSA) is 112 Å². The maximum Gasteiger partial charge on any atom is 0.206 e. The Labute approximate surface area is 200 Å². The Morgan fingerprint density at radius 3 is 2.18 bits per heavy atom. The van der Waals surface area contributed by atoms with Crippen molar-refractivity contribution in [2.45, 2.75) is 66.9 Å². The summed E-state index contributed by atoms with van der Waals surface area (Å²) < 4.78 is 0. The molecular weight excluding hydrogens is 432 g/mol. The maximum atomic E-state index is 14.3. The van der Waals surface area contributed by atoms with Crippen molar-refractivity contribution in [2.24, 2.45) is 28.6 Å². The molecule has 0 heterocycles. The van der Waals surface area contributed by atoms with E-state index in [0.29, 0.717) is 11.1 Å². The van der Waals surface area contributed by atoms with Gasteiger partial charge in [0.05, 0.1) is 11.1 Å². The van der Waals surface area contributed by atoms with E-state index in [1.165, 1.54) is 13.0 Å². The minimum absolute atomic E-state index is 0.0558. The van der Waals surface area contributed by atoms with Crippen LogP contribution in [0.3, 0.4) is 0 Å². The lowest BCUT2D eigenvalue weighted by Crippen LogP contribution is -2.74. The van der Waals surface area contributed by atoms with E-state index in [-0.39, 0.29) is 34.3 Å². The molecular formula is C28H34O6. The number of hydrogen-bond acceptors (Lipinski definition) is 6. The first-order chi connectivity index (χ1) is 15.6. The Kier molecular flexibility index (Phi) is 5.12. The number of allylic oxidation sites excluding steroid dienone is 1. The number of fused-ring (bicyclic) bond motifs is 3. The Bertz CT molecular complexity index is 1220. The molecule has 0 aliphatic heterocycles. The normalized spacial score (nSPS) is 37.5. The second kappa shape index (κ2) is 7.14. The van der Waals surface area contributed by atoms with E-state index in [2.05, 4.69) is 0 Å². The van der Waals surface area contributed by atoms with Gasteiger partial charge in [0.15, 0.2) is 11.4 Å². The van der Waals surface area contributed by atoms with Crippen molar-refractivity contribution >= 4 is 23.1 Å². The Balaban J connectivity index is 2.16. The van der Waals surface area contributed by atoms with Gasteiger partial charge in [-0.15, -0.1) is 0 Å². The highest BCUT2D eigenvalue weighted by molar-refractivity contribution is 6.33. The standard InChI is InChI=1S/C28H34O6/c1-12(2)21-13(3)19(15(5)29)24(32)28(34)25(33)22-23(31)20-17(10-9-11-18(20)30)14(4)26(22,7)16(6)27(21,28)8/h9-12,14,16,21,30-31,34H,1-8H3/t14?,16-,21+,26-,27-,28+/m0/s1. The molecule has 0 bridgehead atoms. The maximum absolute atomic E-state index is 14.3. The van der Waals surface area contributed by atoms with Gasteiger partial charge in [-0.2, -0.15) is 0 Å². The molecule has 6 heteroatoms. The van der Waals surface area contributed by atoms with E-state index in [1.807, 2.05) is 40.7 Å². The number of phenolic OH excluding ortho intramolecular Hbond substituents is 1. The van der Waals surface area contributed by atoms with Gasteiger partial charge in [-0.1, -0.05) is 59.2 Å². The van der Waals surface area contributed by atoms with Gasteiger partial charge in [0.2, 0.25) is 11.6 Å². The van der Waals surface area contributed by atoms with Gasteiger partial charge in [0, 0.05) is 16.4 Å². The summed E-state index contributed by atoms with van der Waals surface area (Å²) in [5.74, 6) is -4.11. The van der Waals surface area contributed by atoms with E-state index >= 15 is 0 Å². The zero-order valence-electron chi connectivity index (χ0n) is 21.1. The molecule has 1 unspecified atom stereocenters. The summed E-state index contributed by atoms with van der Waals surface area (Å²) in [5.41, 5.74) is -3.43. The molecule has 3 aliphatic carbocycles. The van der Waals surface area contributed by atoms with Gasteiger partial charge >= 0.3 is 0 Å². The van der Waals surface area contributed by atoms with Crippen LogP contribution in [0.5, 0.6) is 5.75 Å². The van der Waals surface area contributed by atoms with Crippen LogP contribution in [0.1, 0.15) is 72.4 Å². The number of benzene rings is 1. The summed E-state index contributed by atoms with van der Waals surface area (Å²) in [6.07, 6.45) is 0. The van der Waals surface area contributed by atoms with Crippen molar-refractivity contribution in [1.82, 2.24) is 0 Å². The first-order valence-electron chi connectivity index (χ1n) is 11.9. The molecule has 6 nitrogen and oxygen atoms in total. The van der Waals surface area contributed by atoms with E-state index < -0.39 is 51.4 Å². The number of carbonyl (C=O) groups is 3. The molecule has 3 N–H and O–H groups in total. The minimum atomic E-state index is -2.52. The fourth-order valence-corrected chi connectivity index (χ4v) is 7.84. The summed E-state index contributed by atoms with van der Waals surface area (Å²) in [7, 11) is 0. The second-order valence-corrected chi connectivity index (χ2v) is 11.2. The number of hydrogen-bond donors (Lipinski definition) is 3. The first kappa shape index (κ1) is 24.4. The van der Waals surface area contributed by atoms with Crippen LogP contribution in [-0.2, 0) is 14.4 Å². The smallest absolute Gasteiger partial charge is 0.206 e. The van der Waals surface area contributed by atoms with Crippen LogP contribution in [0.2, 0.25) is 0 Å². The van der Waals surface area contributed by atoms with Gasteiger partial charge in [0.1, 0.15) is 11.5 Å². The quantitative estimate of drug-likeness (QED) is 0.437. The number of aliphatic hydroxyl groups is 2. The van der Waals surface area contributed by atoms with Crippen molar-refractivity contribution in [3.8, 4) is 5.75 Å². The zero-order chi connectivity index (χ0) is 25.7. The minimum Gasteiger partial charge on any atom is -0.507 e. The molecule has 0 aromatic heterocycles. The molecule has 0 amide bonds. The molecule has 6 atom stereocenters. The Morgan fingerprint density at radius 2 is 1.65 bits per heavy atom. The molecule has 34 heavy (non-hydrogen) atoms. The van der Waals surface area contributed by atoms with Crippen LogP contribution in [0.15, 0.2) is 34.9 Å². The molecule has 0 spiro atoms. The van der Waals surface area contributed by atoms with Crippen molar-refractivity contribution in [3.63, 3.8) is 0 Å². The van der Waals surface area contributed by atoms with E-state index in [9.17, 15) is 29.7 Å². The highest BCUT2D eigenvalue weighted by atomic mass is 16.3.